The Kier molecular flexibility index (Phi) is 7.69. The molecule has 1 aliphatic heterocycles. The van der Waals surface area contributed by atoms with E-state index in [1.54, 1.807) is 12.3 Å². The van der Waals surface area contributed by atoms with E-state index < -0.39 is 11.6 Å². The number of piperazine rings is 1. The van der Waals surface area contributed by atoms with Crippen molar-refractivity contribution in [2.75, 3.05) is 25.0 Å². The number of amidine groups is 1. The Morgan fingerprint density at radius 3 is 2.72 bits per heavy atom. The van der Waals surface area contributed by atoms with E-state index in [1.165, 1.54) is 24.3 Å². The summed E-state index contributed by atoms with van der Waals surface area (Å²) >= 11 is 0. The molecular formula is C27H30F2N6O. The molecule has 0 bridgehead atoms. The van der Waals surface area contributed by atoms with Crippen molar-refractivity contribution >= 4 is 23.8 Å². The van der Waals surface area contributed by atoms with Gasteiger partial charge in [-0.1, -0.05) is 26.0 Å². The fourth-order valence-corrected chi connectivity index (χ4v) is 4.35. The van der Waals surface area contributed by atoms with Crippen LogP contribution in [0.15, 0.2) is 47.6 Å². The first-order valence-corrected chi connectivity index (χ1v) is 12.0. The van der Waals surface area contributed by atoms with Gasteiger partial charge in [-0.15, -0.1) is 0 Å². The van der Waals surface area contributed by atoms with Crippen LogP contribution in [0.3, 0.4) is 0 Å². The van der Waals surface area contributed by atoms with Crippen LogP contribution in [0.4, 0.5) is 20.3 Å². The Balaban J connectivity index is 1.98. The van der Waals surface area contributed by atoms with Gasteiger partial charge in [-0.05, 0) is 49.6 Å². The minimum Gasteiger partial charge on any atom is -0.351 e. The molecule has 1 aliphatic rings. The van der Waals surface area contributed by atoms with Gasteiger partial charge < -0.3 is 15.5 Å². The smallest absolute Gasteiger partial charge is 0.212 e. The molecular weight excluding hydrogens is 462 g/mol. The molecule has 2 aromatic heterocycles. The van der Waals surface area contributed by atoms with Crippen molar-refractivity contribution in [3.05, 3.63) is 71.1 Å². The van der Waals surface area contributed by atoms with Crippen molar-refractivity contribution in [3.63, 3.8) is 0 Å². The van der Waals surface area contributed by atoms with Crippen LogP contribution >= 0.6 is 0 Å². The average Bonchev–Trinajstić information content (AvgIpc) is 2.85. The maximum Gasteiger partial charge on any atom is 0.212 e. The second kappa shape index (κ2) is 10.9. The zero-order valence-corrected chi connectivity index (χ0v) is 20.8. The Morgan fingerprint density at radius 1 is 1.25 bits per heavy atom. The van der Waals surface area contributed by atoms with E-state index in [1.807, 2.05) is 33.8 Å². The SMILES string of the molecule is Cc1ccnc(C(C)C)c1N=C(c1cc(F)c(-c2ccccc2F)nc1NC=O)N1CCNCC1C. The molecule has 3 aromatic rings. The lowest BCUT2D eigenvalue weighted by Crippen LogP contribution is -2.52. The number of amides is 1. The number of pyridine rings is 2. The molecule has 1 fully saturated rings. The highest BCUT2D eigenvalue weighted by atomic mass is 19.1. The van der Waals surface area contributed by atoms with Gasteiger partial charge in [0, 0.05) is 37.4 Å². The number of halogens is 2. The molecule has 1 atom stereocenters. The highest BCUT2D eigenvalue weighted by Gasteiger charge is 2.28. The van der Waals surface area contributed by atoms with Crippen LogP contribution in [0, 0.1) is 18.6 Å². The third-order valence-electron chi connectivity index (χ3n) is 6.23. The molecule has 1 saturated heterocycles. The summed E-state index contributed by atoms with van der Waals surface area (Å²) in [5, 5.41) is 5.94. The van der Waals surface area contributed by atoms with Crippen molar-refractivity contribution in [2.45, 2.75) is 39.7 Å². The molecule has 7 nitrogen and oxygen atoms in total. The first-order chi connectivity index (χ1) is 17.3. The van der Waals surface area contributed by atoms with Gasteiger partial charge in [0.15, 0.2) is 0 Å². The molecule has 2 N–H and O–H groups in total. The van der Waals surface area contributed by atoms with E-state index in [0.29, 0.717) is 43.1 Å². The summed E-state index contributed by atoms with van der Waals surface area (Å²) in [5.74, 6) is -0.643. The van der Waals surface area contributed by atoms with E-state index in [2.05, 4.69) is 25.5 Å². The number of anilines is 1. The number of hydrogen-bond donors (Lipinski definition) is 2. The van der Waals surface area contributed by atoms with Gasteiger partial charge in [0.1, 0.15) is 29.0 Å². The van der Waals surface area contributed by atoms with Crippen molar-refractivity contribution in [1.29, 1.82) is 0 Å². The van der Waals surface area contributed by atoms with Gasteiger partial charge in [0.25, 0.3) is 0 Å². The van der Waals surface area contributed by atoms with Crippen LogP contribution in [0.1, 0.15) is 43.5 Å². The van der Waals surface area contributed by atoms with Crippen molar-refractivity contribution < 1.29 is 13.6 Å². The summed E-state index contributed by atoms with van der Waals surface area (Å²) in [4.78, 5) is 27.6. The predicted octanol–water partition coefficient (Wildman–Crippen LogP) is 4.79. The fraction of sp³-hybridized carbons (Fsp3) is 0.333. The van der Waals surface area contributed by atoms with Gasteiger partial charge in [0.05, 0.1) is 16.9 Å². The molecule has 1 amide bonds. The van der Waals surface area contributed by atoms with Crippen LogP contribution in [-0.2, 0) is 4.79 Å². The molecule has 3 heterocycles. The van der Waals surface area contributed by atoms with Crippen molar-refractivity contribution in [1.82, 2.24) is 20.2 Å². The number of rotatable bonds is 6. The average molecular weight is 493 g/mol. The number of aromatic nitrogens is 2. The van der Waals surface area contributed by atoms with Crippen LogP contribution < -0.4 is 10.6 Å². The molecule has 1 unspecified atom stereocenters. The first-order valence-electron chi connectivity index (χ1n) is 12.0. The molecule has 0 spiro atoms. The van der Waals surface area contributed by atoms with Crippen LogP contribution in [-0.4, -0.2) is 52.8 Å². The number of carbonyl (C=O) groups excluding carboxylic acids is 1. The van der Waals surface area contributed by atoms with E-state index in [0.717, 1.165) is 11.3 Å². The minimum absolute atomic E-state index is 0.00901. The highest BCUT2D eigenvalue weighted by Crippen LogP contribution is 2.33. The molecule has 0 aliphatic carbocycles. The van der Waals surface area contributed by atoms with E-state index in [4.69, 9.17) is 4.99 Å². The molecule has 4 rings (SSSR count). The third-order valence-corrected chi connectivity index (χ3v) is 6.23. The second-order valence-electron chi connectivity index (χ2n) is 9.16. The van der Waals surface area contributed by atoms with E-state index in [9.17, 15) is 9.18 Å². The van der Waals surface area contributed by atoms with E-state index in [-0.39, 0.29) is 29.0 Å². The predicted molar refractivity (Wildman–Crippen MR) is 138 cm³/mol. The van der Waals surface area contributed by atoms with Crippen LogP contribution in [0.2, 0.25) is 0 Å². The molecule has 36 heavy (non-hydrogen) atoms. The van der Waals surface area contributed by atoms with Gasteiger partial charge >= 0.3 is 0 Å². The Labute approximate surface area is 209 Å². The normalized spacial score (nSPS) is 16.4. The molecule has 9 heteroatoms. The standard InChI is InChI=1S/C27H30F2N6O/c1-16(2)23-24(17(3)9-10-31-23)34-27(35-12-11-30-14-18(35)4)20-13-22(29)25(33-26(20)32-15-36)19-7-5-6-8-21(19)28/h5-10,13,15-16,18,30H,11-12,14H2,1-4H3,(H,32,33,36). The van der Waals surface area contributed by atoms with Gasteiger partial charge in [0.2, 0.25) is 6.41 Å². The summed E-state index contributed by atoms with van der Waals surface area (Å²) < 4.78 is 30.0. The molecule has 1 aromatic carbocycles. The summed E-state index contributed by atoms with van der Waals surface area (Å²) in [7, 11) is 0. The van der Waals surface area contributed by atoms with Crippen LogP contribution in [0.25, 0.3) is 11.3 Å². The Morgan fingerprint density at radius 2 is 2.03 bits per heavy atom. The van der Waals surface area contributed by atoms with E-state index >= 15 is 4.39 Å². The lowest BCUT2D eigenvalue weighted by Gasteiger charge is -2.37. The number of nitrogens with one attached hydrogen (secondary N) is 2. The number of nitrogens with zero attached hydrogens (tertiary/aromatic N) is 4. The minimum atomic E-state index is -0.714. The highest BCUT2D eigenvalue weighted by molar-refractivity contribution is 6.06. The first kappa shape index (κ1) is 25.4. The summed E-state index contributed by atoms with van der Waals surface area (Å²) in [6.45, 7) is 10.1. The van der Waals surface area contributed by atoms with Crippen molar-refractivity contribution in [2.24, 2.45) is 4.99 Å². The second-order valence-corrected chi connectivity index (χ2v) is 9.16. The number of hydrogen-bond acceptors (Lipinski definition) is 5. The number of benzene rings is 1. The number of aryl methyl sites for hydroxylation is 1. The third kappa shape index (κ3) is 5.11. The lowest BCUT2D eigenvalue weighted by atomic mass is 10.0. The van der Waals surface area contributed by atoms with Gasteiger partial charge in [-0.2, -0.15) is 0 Å². The maximum absolute atomic E-state index is 15.5. The summed E-state index contributed by atoms with van der Waals surface area (Å²) in [6.07, 6.45) is 2.23. The van der Waals surface area contributed by atoms with Gasteiger partial charge in [-0.25, -0.2) is 18.8 Å². The van der Waals surface area contributed by atoms with Gasteiger partial charge in [-0.3, -0.25) is 9.78 Å². The quantitative estimate of drug-likeness (QED) is 0.294. The number of carbonyl (C=O) groups is 1. The Bertz CT molecular complexity index is 1290. The summed E-state index contributed by atoms with van der Waals surface area (Å²) in [5.41, 5.74) is 2.58. The zero-order chi connectivity index (χ0) is 25.8. The van der Waals surface area contributed by atoms with Crippen LogP contribution in [0.5, 0.6) is 0 Å². The zero-order valence-electron chi connectivity index (χ0n) is 20.8. The topological polar surface area (TPSA) is 82.5 Å². The Hall–Kier alpha value is -3.72. The largest absolute Gasteiger partial charge is 0.351 e. The van der Waals surface area contributed by atoms with Crippen molar-refractivity contribution in [3.8, 4) is 11.3 Å². The monoisotopic (exact) mass is 492 g/mol. The lowest BCUT2D eigenvalue weighted by molar-refractivity contribution is -0.105. The summed E-state index contributed by atoms with van der Waals surface area (Å²) in [6, 6.07) is 9.01. The molecule has 0 radical (unpaired) electrons. The number of aliphatic imine (C=N–C) groups is 1. The fourth-order valence-electron chi connectivity index (χ4n) is 4.35. The molecule has 188 valence electrons. The maximum atomic E-state index is 15.5. The molecule has 0 saturated carbocycles.